The molecule has 0 radical (unpaired) electrons. The Hall–Kier alpha value is 0.160. The maximum absolute atomic E-state index is 10.6. The summed E-state index contributed by atoms with van der Waals surface area (Å²) in [6.07, 6.45) is 0. The van der Waals surface area contributed by atoms with Crippen LogP contribution in [-0.4, -0.2) is 34.8 Å². The van der Waals surface area contributed by atoms with E-state index < -0.39 is 10.0 Å². The zero-order valence-electron chi connectivity index (χ0n) is 6.05. The van der Waals surface area contributed by atoms with Crippen molar-refractivity contribution in [1.29, 1.82) is 0 Å². The van der Waals surface area contributed by atoms with E-state index in [1.54, 1.807) is 7.05 Å². The highest BCUT2D eigenvalue weighted by Crippen LogP contribution is 1.77. The Kier molecular flexibility index (Phi) is 7.56. The van der Waals surface area contributed by atoms with Crippen LogP contribution >= 0.6 is 12.4 Å². The van der Waals surface area contributed by atoms with Crippen LogP contribution in [0.4, 0.5) is 0 Å². The Bertz CT molecular complexity index is 157. The molecule has 10 heavy (non-hydrogen) atoms. The first-order valence-electron chi connectivity index (χ1n) is 2.68. The van der Waals surface area contributed by atoms with Crippen molar-refractivity contribution in [2.75, 3.05) is 26.4 Å². The van der Waals surface area contributed by atoms with Crippen molar-refractivity contribution in [3.8, 4) is 0 Å². The first kappa shape index (κ1) is 12.8. The van der Waals surface area contributed by atoms with E-state index in [0.717, 1.165) is 0 Å². The van der Waals surface area contributed by atoms with Gasteiger partial charge in [-0.15, -0.1) is 12.4 Å². The van der Waals surface area contributed by atoms with E-state index in [9.17, 15) is 8.42 Å². The van der Waals surface area contributed by atoms with E-state index in [-0.39, 0.29) is 18.2 Å². The fourth-order valence-electron chi connectivity index (χ4n) is 0.338. The highest BCUT2D eigenvalue weighted by molar-refractivity contribution is 7.89. The zero-order valence-corrected chi connectivity index (χ0v) is 7.68. The van der Waals surface area contributed by atoms with Crippen LogP contribution in [0.2, 0.25) is 0 Å². The molecule has 0 atom stereocenters. The molecule has 0 aromatic carbocycles. The van der Waals surface area contributed by atoms with Crippen LogP contribution in [0.25, 0.3) is 0 Å². The molecule has 0 fully saturated rings. The van der Waals surface area contributed by atoms with Crippen LogP contribution in [0.3, 0.4) is 0 Å². The third kappa shape index (κ3) is 6.28. The Balaban J connectivity index is 0. The lowest BCUT2D eigenvalue weighted by Crippen LogP contribution is -2.27. The van der Waals surface area contributed by atoms with Gasteiger partial charge in [-0.25, -0.2) is 13.1 Å². The second-order valence-corrected chi connectivity index (χ2v) is 3.67. The lowest BCUT2D eigenvalue weighted by Gasteiger charge is -1.99. The van der Waals surface area contributed by atoms with Crippen molar-refractivity contribution in [1.82, 2.24) is 10.0 Å². The number of halogens is 1. The topological polar surface area (TPSA) is 58.2 Å². The van der Waals surface area contributed by atoms with Gasteiger partial charge >= 0.3 is 0 Å². The van der Waals surface area contributed by atoms with Gasteiger partial charge in [-0.2, -0.15) is 0 Å². The van der Waals surface area contributed by atoms with Gasteiger partial charge in [0.05, 0.1) is 5.75 Å². The van der Waals surface area contributed by atoms with E-state index in [1.165, 1.54) is 7.05 Å². The molecular weight excluding hydrogens is 176 g/mol. The van der Waals surface area contributed by atoms with Crippen molar-refractivity contribution < 1.29 is 8.42 Å². The summed E-state index contributed by atoms with van der Waals surface area (Å²) in [7, 11) is 0.127. The van der Waals surface area contributed by atoms with Gasteiger partial charge in [-0.1, -0.05) is 0 Å². The van der Waals surface area contributed by atoms with Crippen LogP contribution in [0.5, 0.6) is 0 Å². The summed E-state index contributed by atoms with van der Waals surface area (Å²) in [5, 5.41) is 2.74. The number of hydrogen-bond donors (Lipinski definition) is 2. The van der Waals surface area contributed by atoms with Gasteiger partial charge in [0.15, 0.2) is 0 Å². The van der Waals surface area contributed by atoms with Crippen LogP contribution in [-0.2, 0) is 10.0 Å². The minimum atomic E-state index is -2.99. The highest BCUT2D eigenvalue weighted by atomic mass is 35.5. The van der Waals surface area contributed by atoms with E-state index in [2.05, 4.69) is 10.0 Å². The van der Waals surface area contributed by atoms with Crippen LogP contribution in [0.1, 0.15) is 0 Å². The van der Waals surface area contributed by atoms with Crippen molar-refractivity contribution in [3.63, 3.8) is 0 Å². The molecule has 6 heteroatoms. The first-order chi connectivity index (χ1) is 4.12. The van der Waals surface area contributed by atoms with Crippen molar-refractivity contribution in [2.45, 2.75) is 0 Å². The Morgan fingerprint density at radius 1 is 1.30 bits per heavy atom. The average molecular weight is 189 g/mol. The predicted molar refractivity (Wildman–Crippen MR) is 44.0 cm³/mol. The Labute approximate surface area is 67.8 Å². The summed E-state index contributed by atoms with van der Waals surface area (Å²) >= 11 is 0. The first-order valence-corrected chi connectivity index (χ1v) is 4.33. The molecule has 0 aromatic heterocycles. The fourth-order valence-corrected chi connectivity index (χ4v) is 1.02. The van der Waals surface area contributed by atoms with Gasteiger partial charge in [0.25, 0.3) is 0 Å². The number of hydrogen-bond acceptors (Lipinski definition) is 3. The summed E-state index contributed by atoms with van der Waals surface area (Å²) in [5.41, 5.74) is 0. The quantitative estimate of drug-likeness (QED) is 0.606. The summed E-state index contributed by atoms with van der Waals surface area (Å²) in [6.45, 7) is 0.489. The number of nitrogens with one attached hydrogen (secondary N) is 2. The zero-order chi connectivity index (χ0) is 7.33. The molecule has 2 N–H and O–H groups in total. The molecule has 0 bridgehead atoms. The van der Waals surface area contributed by atoms with Gasteiger partial charge in [0.1, 0.15) is 0 Å². The second kappa shape index (κ2) is 5.91. The fraction of sp³-hybridized carbons (Fsp3) is 1.00. The molecule has 0 saturated heterocycles. The minimum Gasteiger partial charge on any atom is -0.319 e. The lowest BCUT2D eigenvalue weighted by atomic mass is 10.8. The smallest absolute Gasteiger partial charge is 0.212 e. The summed E-state index contributed by atoms with van der Waals surface area (Å²) in [4.78, 5) is 0. The van der Waals surface area contributed by atoms with Crippen molar-refractivity contribution in [3.05, 3.63) is 0 Å². The molecule has 0 aliphatic heterocycles. The van der Waals surface area contributed by atoms with Gasteiger partial charge in [-0.3, -0.25) is 0 Å². The number of rotatable bonds is 4. The average Bonchev–Trinajstić information content (AvgIpc) is 1.84. The maximum Gasteiger partial charge on any atom is 0.212 e. The summed E-state index contributed by atoms with van der Waals surface area (Å²) in [6, 6.07) is 0. The lowest BCUT2D eigenvalue weighted by molar-refractivity contribution is 0.586. The summed E-state index contributed by atoms with van der Waals surface area (Å²) in [5.74, 6) is 0.139. The van der Waals surface area contributed by atoms with E-state index in [4.69, 9.17) is 0 Å². The standard InChI is InChI=1S/C4H12N2O2S.ClH/c1-5-3-4-9(7,8)6-2;/h5-6H,3-4H2,1-2H3;1H. The molecule has 0 unspecified atom stereocenters. The molecule has 0 rings (SSSR count). The molecule has 4 nitrogen and oxygen atoms in total. The van der Waals surface area contributed by atoms with Crippen molar-refractivity contribution in [2.24, 2.45) is 0 Å². The second-order valence-electron chi connectivity index (χ2n) is 1.63. The van der Waals surface area contributed by atoms with E-state index in [1.807, 2.05) is 0 Å². The van der Waals surface area contributed by atoms with E-state index >= 15 is 0 Å². The molecule has 0 spiro atoms. The number of sulfonamides is 1. The third-order valence-electron chi connectivity index (χ3n) is 0.932. The van der Waals surface area contributed by atoms with Gasteiger partial charge < -0.3 is 5.32 Å². The normalized spacial score (nSPS) is 10.6. The SMILES string of the molecule is CNCCS(=O)(=O)NC.Cl. The summed E-state index contributed by atoms with van der Waals surface area (Å²) < 4.78 is 23.4. The molecular formula is C4H13ClN2O2S. The van der Waals surface area contributed by atoms with Crippen LogP contribution in [0.15, 0.2) is 0 Å². The predicted octanol–water partition coefficient (Wildman–Crippen LogP) is -0.823. The van der Waals surface area contributed by atoms with E-state index in [0.29, 0.717) is 6.54 Å². The molecule has 0 amide bonds. The van der Waals surface area contributed by atoms with Crippen molar-refractivity contribution >= 4 is 22.4 Å². The molecule has 0 aliphatic rings. The molecule has 0 heterocycles. The van der Waals surface area contributed by atoms with Gasteiger partial charge in [0.2, 0.25) is 10.0 Å². The monoisotopic (exact) mass is 188 g/mol. The Morgan fingerprint density at radius 3 is 2.10 bits per heavy atom. The maximum atomic E-state index is 10.6. The molecule has 0 aromatic rings. The van der Waals surface area contributed by atoms with Gasteiger partial charge in [-0.05, 0) is 14.1 Å². The van der Waals surface area contributed by atoms with Gasteiger partial charge in [0, 0.05) is 6.54 Å². The van der Waals surface area contributed by atoms with Crippen LogP contribution in [0, 0.1) is 0 Å². The largest absolute Gasteiger partial charge is 0.319 e. The Morgan fingerprint density at radius 2 is 1.80 bits per heavy atom. The molecule has 64 valence electrons. The molecule has 0 saturated carbocycles. The minimum absolute atomic E-state index is 0. The highest BCUT2D eigenvalue weighted by Gasteiger charge is 2.03. The van der Waals surface area contributed by atoms with Crippen LogP contribution < -0.4 is 10.0 Å². The molecule has 0 aliphatic carbocycles. The third-order valence-corrected chi connectivity index (χ3v) is 2.30.